The van der Waals surface area contributed by atoms with Crippen LogP contribution in [0.15, 0.2) is 75.9 Å². The number of nitrogens with zero attached hydrogens (tertiary/aromatic N) is 1. The molecule has 0 fully saturated rings. The first kappa shape index (κ1) is 24.0. The van der Waals surface area contributed by atoms with Gasteiger partial charge in [0.05, 0.1) is 41.8 Å². The number of ether oxygens (including phenoxy) is 2. The molecule has 0 radical (unpaired) electrons. The second-order valence-corrected chi connectivity index (χ2v) is 8.63. The van der Waals surface area contributed by atoms with Crippen molar-refractivity contribution in [1.82, 2.24) is 0 Å². The van der Waals surface area contributed by atoms with Crippen LogP contribution >= 0.6 is 0 Å². The number of hydrogen-bond acceptors (Lipinski definition) is 7. The monoisotopic (exact) mass is 497 g/mol. The van der Waals surface area contributed by atoms with E-state index in [1.807, 2.05) is 13.0 Å². The number of fused-ring (bicyclic) bond motifs is 2. The Hall–Kier alpha value is -4.72. The van der Waals surface area contributed by atoms with E-state index in [0.717, 1.165) is 5.56 Å². The number of methoxy groups -OCH3 is 1. The predicted octanol–water partition coefficient (Wildman–Crippen LogP) is 4.81. The highest BCUT2D eigenvalue weighted by Gasteiger charge is 2.43. The average Bonchev–Trinajstić information content (AvgIpc) is 3.21. The third-order valence-electron chi connectivity index (χ3n) is 6.33. The molecule has 37 heavy (non-hydrogen) atoms. The van der Waals surface area contributed by atoms with Gasteiger partial charge in [0.2, 0.25) is 5.76 Å². The molecule has 0 aliphatic carbocycles. The summed E-state index contributed by atoms with van der Waals surface area (Å²) in [7, 11) is 1.29. The molecule has 1 unspecified atom stereocenters. The quantitative estimate of drug-likeness (QED) is 0.364. The number of rotatable bonds is 5. The van der Waals surface area contributed by atoms with Crippen molar-refractivity contribution in [3.63, 3.8) is 0 Å². The third-order valence-corrected chi connectivity index (χ3v) is 6.33. The molecule has 1 aromatic heterocycles. The molecule has 1 amide bonds. The zero-order valence-electron chi connectivity index (χ0n) is 20.4. The molecule has 4 aromatic rings. The highest BCUT2D eigenvalue weighted by atomic mass is 16.5. The number of esters is 2. The normalized spacial score (nSPS) is 14.5. The Morgan fingerprint density at radius 1 is 0.919 bits per heavy atom. The molecule has 186 valence electrons. The summed E-state index contributed by atoms with van der Waals surface area (Å²) in [5, 5.41) is 0.377. The van der Waals surface area contributed by atoms with Gasteiger partial charge < -0.3 is 13.9 Å². The number of anilines is 1. The van der Waals surface area contributed by atoms with Gasteiger partial charge in [0, 0.05) is 5.69 Å². The lowest BCUT2D eigenvalue weighted by molar-refractivity contribution is 0.0525. The zero-order chi connectivity index (χ0) is 26.3. The second kappa shape index (κ2) is 9.39. The van der Waals surface area contributed by atoms with Crippen molar-refractivity contribution < 1.29 is 28.3 Å². The summed E-state index contributed by atoms with van der Waals surface area (Å²) in [6.07, 6.45) is 0. The molecule has 5 rings (SSSR count). The first-order chi connectivity index (χ1) is 17.8. The van der Waals surface area contributed by atoms with Crippen LogP contribution in [-0.4, -0.2) is 31.6 Å². The molecule has 0 spiro atoms. The second-order valence-electron chi connectivity index (χ2n) is 8.63. The number of amides is 1. The number of hydrogen-bond donors (Lipinski definition) is 0. The minimum atomic E-state index is -0.816. The van der Waals surface area contributed by atoms with Crippen LogP contribution in [0, 0.1) is 6.92 Å². The van der Waals surface area contributed by atoms with Gasteiger partial charge in [0.1, 0.15) is 5.58 Å². The first-order valence-electron chi connectivity index (χ1n) is 11.7. The van der Waals surface area contributed by atoms with Gasteiger partial charge >= 0.3 is 11.9 Å². The molecule has 0 saturated carbocycles. The average molecular weight is 498 g/mol. The first-order valence-corrected chi connectivity index (χ1v) is 11.7. The molecule has 0 saturated heterocycles. The van der Waals surface area contributed by atoms with Gasteiger partial charge in [0.15, 0.2) is 5.43 Å². The minimum Gasteiger partial charge on any atom is -0.465 e. The fourth-order valence-corrected chi connectivity index (χ4v) is 4.56. The van der Waals surface area contributed by atoms with Crippen LogP contribution in [-0.2, 0) is 9.47 Å². The van der Waals surface area contributed by atoms with Crippen molar-refractivity contribution in [3.8, 4) is 0 Å². The van der Waals surface area contributed by atoms with Gasteiger partial charge in [-0.2, -0.15) is 0 Å². The molecule has 1 aliphatic rings. The maximum absolute atomic E-state index is 13.7. The molecular formula is C29H23NO7. The maximum Gasteiger partial charge on any atom is 0.338 e. The lowest BCUT2D eigenvalue weighted by atomic mass is 9.97. The lowest BCUT2D eigenvalue weighted by Crippen LogP contribution is -2.29. The van der Waals surface area contributed by atoms with Crippen LogP contribution in [0.25, 0.3) is 11.0 Å². The Balaban J connectivity index is 1.69. The van der Waals surface area contributed by atoms with E-state index in [0.29, 0.717) is 33.3 Å². The number of aryl methyl sites for hydroxylation is 1. The van der Waals surface area contributed by atoms with E-state index in [9.17, 15) is 19.2 Å². The van der Waals surface area contributed by atoms with Crippen molar-refractivity contribution in [2.45, 2.75) is 19.9 Å². The van der Waals surface area contributed by atoms with Gasteiger partial charge in [-0.15, -0.1) is 0 Å². The molecule has 1 aliphatic heterocycles. The summed E-state index contributed by atoms with van der Waals surface area (Å²) in [6, 6.07) is 17.3. The van der Waals surface area contributed by atoms with Crippen LogP contribution < -0.4 is 10.3 Å². The molecule has 3 aromatic carbocycles. The standard InChI is InChI=1S/C29H23NO7/c1-4-36-29(34)19-10-12-20(13-11-19)30-24(17-6-8-18(9-7-17)28(33)35-3)23-25(31)21-15-16(2)5-14-22(21)37-26(23)27(30)32/h5-15,24H,4H2,1-3H3. The summed E-state index contributed by atoms with van der Waals surface area (Å²) in [5.41, 5.74) is 2.85. The van der Waals surface area contributed by atoms with Crippen LogP contribution in [0.3, 0.4) is 0 Å². The van der Waals surface area contributed by atoms with Crippen molar-refractivity contribution in [2.75, 3.05) is 18.6 Å². The fourth-order valence-electron chi connectivity index (χ4n) is 4.56. The van der Waals surface area contributed by atoms with Crippen LogP contribution in [0.1, 0.15) is 60.9 Å². The Morgan fingerprint density at radius 2 is 1.57 bits per heavy atom. The van der Waals surface area contributed by atoms with Gasteiger partial charge in [-0.25, -0.2) is 9.59 Å². The van der Waals surface area contributed by atoms with Crippen molar-refractivity contribution in [1.29, 1.82) is 0 Å². The molecule has 1 atom stereocenters. The van der Waals surface area contributed by atoms with E-state index < -0.39 is 23.9 Å². The van der Waals surface area contributed by atoms with Crippen molar-refractivity contribution >= 4 is 34.5 Å². The Labute approximate surface area is 212 Å². The van der Waals surface area contributed by atoms with Crippen molar-refractivity contribution in [2.24, 2.45) is 0 Å². The number of carbonyl (C=O) groups excluding carboxylic acids is 3. The fraction of sp³-hybridized carbons (Fsp3) is 0.172. The molecule has 8 heteroatoms. The number of benzene rings is 3. The molecule has 8 nitrogen and oxygen atoms in total. The summed E-state index contributed by atoms with van der Waals surface area (Å²) in [5.74, 6) is -1.50. The molecular weight excluding hydrogens is 474 g/mol. The zero-order valence-corrected chi connectivity index (χ0v) is 20.4. The Morgan fingerprint density at radius 3 is 2.22 bits per heavy atom. The van der Waals surface area contributed by atoms with Gasteiger partial charge in [0.25, 0.3) is 5.91 Å². The summed E-state index contributed by atoms with van der Waals surface area (Å²) in [4.78, 5) is 53.0. The van der Waals surface area contributed by atoms with Crippen LogP contribution in [0.2, 0.25) is 0 Å². The lowest BCUT2D eigenvalue weighted by Gasteiger charge is -2.25. The summed E-state index contributed by atoms with van der Waals surface area (Å²) >= 11 is 0. The highest BCUT2D eigenvalue weighted by molar-refractivity contribution is 6.11. The van der Waals surface area contributed by atoms with Crippen LogP contribution in [0.4, 0.5) is 5.69 Å². The van der Waals surface area contributed by atoms with E-state index >= 15 is 0 Å². The molecule has 2 heterocycles. The third kappa shape index (κ3) is 4.06. The molecule has 0 bridgehead atoms. The van der Waals surface area contributed by atoms with E-state index in [4.69, 9.17) is 13.9 Å². The van der Waals surface area contributed by atoms with E-state index in [-0.39, 0.29) is 23.4 Å². The van der Waals surface area contributed by atoms with Gasteiger partial charge in [-0.3, -0.25) is 14.5 Å². The number of carbonyl (C=O) groups is 3. The van der Waals surface area contributed by atoms with E-state index in [1.54, 1.807) is 67.6 Å². The summed E-state index contributed by atoms with van der Waals surface area (Å²) < 4.78 is 15.8. The van der Waals surface area contributed by atoms with Crippen molar-refractivity contribution in [3.05, 3.63) is 111 Å². The highest BCUT2D eigenvalue weighted by Crippen LogP contribution is 2.41. The van der Waals surface area contributed by atoms with Crippen LogP contribution in [0.5, 0.6) is 0 Å². The largest absolute Gasteiger partial charge is 0.465 e. The Kier molecular flexibility index (Phi) is 6.09. The maximum atomic E-state index is 13.7. The summed E-state index contributed by atoms with van der Waals surface area (Å²) in [6.45, 7) is 3.83. The SMILES string of the molecule is CCOC(=O)c1ccc(N2C(=O)c3oc4ccc(C)cc4c(=O)c3C2c2ccc(C(=O)OC)cc2)cc1. The van der Waals surface area contributed by atoms with E-state index in [1.165, 1.54) is 12.0 Å². The minimum absolute atomic E-state index is 0.0436. The van der Waals surface area contributed by atoms with Gasteiger partial charge in [-0.1, -0.05) is 23.8 Å². The Bertz CT molecular complexity index is 1600. The molecule has 0 N–H and O–H groups in total. The topological polar surface area (TPSA) is 103 Å². The van der Waals surface area contributed by atoms with Gasteiger partial charge in [-0.05, 0) is 67.9 Å². The predicted molar refractivity (Wildman–Crippen MR) is 136 cm³/mol. The van der Waals surface area contributed by atoms with E-state index in [2.05, 4.69) is 0 Å². The smallest absolute Gasteiger partial charge is 0.338 e.